The molecule has 2 aromatic heterocycles. The minimum atomic E-state index is -3.65. The predicted octanol–water partition coefficient (Wildman–Crippen LogP) is 1.75. The molecular formula is C14H18N2O4S2. The predicted molar refractivity (Wildman–Crippen MR) is 82.4 cm³/mol. The molecule has 2 aromatic rings. The molecule has 0 bridgehead atoms. The van der Waals surface area contributed by atoms with Crippen molar-refractivity contribution in [3.05, 3.63) is 33.8 Å². The summed E-state index contributed by atoms with van der Waals surface area (Å²) in [5, 5.41) is 17.3. The molecule has 0 aliphatic carbocycles. The van der Waals surface area contributed by atoms with Crippen molar-refractivity contribution in [2.75, 3.05) is 19.7 Å². The second-order valence-electron chi connectivity index (χ2n) is 5.58. The first kappa shape index (κ1) is 15.7. The van der Waals surface area contributed by atoms with E-state index in [9.17, 15) is 13.5 Å². The van der Waals surface area contributed by atoms with E-state index < -0.39 is 10.0 Å². The molecule has 22 heavy (non-hydrogen) atoms. The fourth-order valence-corrected chi connectivity index (χ4v) is 5.59. The van der Waals surface area contributed by atoms with Crippen LogP contribution in [0, 0.1) is 19.8 Å². The molecule has 0 aromatic carbocycles. The third-order valence-corrected chi connectivity index (χ3v) is 6.96. The Hall–Kier alpha value is -1.22. The molecule has 3 heterocycles. The number of hydrogen-bond donors (Lipinski definition) is 1. The summed E-state index contributed by atoms with van der Waals surface area (Å²) in [4.78, 5) is 0.148. The van der Waals surface area contributed by atoms with E-state index in [4.69, 9.17) is 4.52 Å². The molecule has 1 aliphatic rings. The van der Waals surface area contributed by atoms with Crippen LogP contribution in [0.1, 0.15) is 22.9 Å². The molecule has 6 nitrogen and oxygen atoms in total. The quantitative estimate of drug-likeness (QED) is 0.915. The minimum Gasteiger partial charge on any atom is -0.396 e. The minimum absolute atomic E-state index is 0.0199. The third kappa shape index (κ3) is 2.50. The molecule has 0 spiro atoms. The summed E-state index contributed by atoms with van der Waals surface area (Å²) in [6.07, 6.45) is 0. The first-order valence-electron chi connectivity index (χ1n) is 7.01. The lowest BCUT2D eigenvalue weighted by atomic mass is 9.92. The summed E-state index contributed by atoms with van der Waals surface area (Å²) in [5.41, 5.74) is 1.46. The molecule has 0 unspecified atom stereocenters. The molecule has 1 aliphatic heterocycles. The Morgan fingerprint density at radius 3 is 2.77 bits per heavy atom. The molecule has 3 rings (SSSR count). The molecule has 1 N–H and O–H groups in total. The fourth-order valence-electron chi connectivity index (χ4n) is 3.05. The lowest BCUT2D eigenvalue weighted by Gasteiger charge is -2.16. The maximum Gasteiger partial charge on any atom is 0.248 e. The molecule has 1 fully saturated rings. The van der Waals surface area contributed by atoms with Gasteiger partial charge in [0, 0.05) is 31.5 Å². The van der Waals surface area contributed by atoms with Crippen LogP contribution in [0.3, 0.4) is 0 Å². The average molecular weight is 342 g/mol. The number of aryl methyl sites for hydroxylation is 2. The molecule has 0 radical (unpaired) electrons. The molecular weight excluding hydrogens is 324 g/mol. The van der Waals surface area contributed by atoms with Crippen molar-refractivity contribution in [2.45, 2.75) is 24.7 Å². The van der Waals surface area contributed by atoms with Crippen molar-refractivity contribution < 1.29 is 18.0 Å². The first-order valence-corrected chi connectivity index (χ1v) is 9.39. The van der Waals surface area contributed by atoms with E-state index in [1.54, 1.807) is 25.2 Å². The van der Waals surface area contributed by atoms with Crippen molar-refractivity contribution in [1.82, 2.24) is 9.46 Å². The number of aliphatic hydroxyl groups is 1. The Kier molecular flexibility index (Phi) is 4.11. The average Bonchev–Trinajstić information content (AvgIpc) is 3.17. The van der Waals surface area contributed by atoms with Gasteiger partial charge in [-0.05, 0) is 36.2 Å². The van der Waals surface area contributed by atoms with Crippen molar-refractivity contribution >= 4 is 21.4 Å². The Bertz CT molecular complexity index is 732. The molecule has 0 saturated carbocycles. The van der Waals surface area contributed by atoms with Gasteiger partial charge in [0.15, 0.2) is 5.76 Å². The van der Waals surface area contributed by atoms with Gasteiger partial charge in [0.05, 0.1) is 0 Å². The van der Waals surface area contributed by atoms with Gasteiger partial charge in [0.1, 0.15) is 10.6 Å². The highest BCUT2D eigenvalue weighted by atomic mass is 32.2. The van der Waals surface area contributed by atoms with Crippen LogP contribution in [0.5, 0.6) is 0 Å². The topological polar surface area (TPSA) is 83.6 Å². The SMILES string of the molecule is Cc1noc(C)c1S(=O)(=O)N1C[C@@H](CO)[C@@H](c2ccsc2)C1. The Balaban J connectivity index is 1.93. The van der Waals surface area contributed by atoms with Gasteiger partial charge < -0.3 is 9.63 Å². The highest BCUT2D eigenvalue weighted by molar-refractivity contribution is 7.89. The van der Waals surface area contributed by atoms with E-state index >= 15 is 0 Å². The van der Waals surface area contributed by atoms with E-state index in [-0.39, 0.29) is 23.3 Å². The standard InChI is InChI=1S/C14H18N2O4S2/c1-9-14(10(2)20-15-9)22(18,19)16-5-12(7-17)13(6-16)11-3-4-21-8-11/h3-4,8,12-13,17H,5-7H2,1-2H3/t12-,13+/m0/s1. The summed E-state index contributed by atoms with van der Waals surface area (Å²) >= 11 is 1.58. The van der Waals surface area contributed by atoms with Crippen LogP contribution in [0.4, 0.5) is 0 Å². The molecule has 120 valence electrons. The summed E-state index contributed by atoms with van der Waals surface area (Å²) in [5.74, 6) is 0.230. The normalized spacial score (nSPS) is 23.2. The molecule has 1 saturated heterocycles. The van der Waals surface area contributed by atoms with Crippen molar-refractivity contribution in [3.8, 4) is 0 Å². The smallest absolute Gasteiger partial charge is 0.248 e. The maximum atomic E-state index is 12.9. The van der Waals surface area contributed by atoms with Gasteiger partial charge in [-0.1, -0.05) is 5.16 Å². The number of sulfonamides is 1. The van der Waals surface area contributed by atoms with Gasteiger partial charge in [-0.3, -0.25) is 0 Å². The highest BCUT2D eigenvalue weighted by Gasteiger charge is 2.41. The van der Waals surface area contributed by atoms with Crippen LogP contribution in [-0.4, -0.2) is 42.7 Å². The summed E-state index contributed by atoms with van der Waals surface area (Å²) in [6.45, 7) is 3.87. The number of hydrogen-bond acceptors (Lipinski definition) is 6. The second-order valence-corrected chi connectivity index (χ2v) is 8.24. The zero-order chi connectivity index (χ0) is 15.9. The Morgan fingerprint density at radius 2 is 2.23 bits per heavy atom. The zero-order valence-corrected chi connectivity index (χ0v) is 14.0. The van der Waals surface area contributed by atoms with Gasteiger partial charge in [-0.25, -0.2) is 8.42 Å². The summed E-state index contributed by atoms with van der Waals surface area (Å²) < 4.78 is 32.1. The van der Waals surface area contributed by atoms with Crippen molar-refractivity contribution in [1.29, 1.82) is 0 Å². The summed E-state index contributed by atoms with van der Waals surface area (Å²) in [7, 11) is -3.65. The third-order valence-electron chi connectivity index (χ3n) is 4.18. The van der Waals surface area contributed by atoms with Crippen LogP contribution < -0.4 is 0 Å². The van der Waals surface area contributed by atoms with Crippen molar-refractivity contribution in [2.24, 2.45) is 5.92 Å². The van der Waals surface area contributed by atoms with Crippen LogP contribution >= 0.6 is 11.3 Å². The lowest BCUT2D eigenvalue weighted by molar-refractivity contribution is 0.223. The lowest BCUT2D eigenvalue weighted by Crippen LogP contribution is -2.30. The van der Waals surface area contributed by atoms with E-state index in [0.29, 0.717) is 24.5 Å². The Morgan fingerprint density at radius 1 is 1.45 bits per heavy atom. The Labute approximate surface area is 133 Å². The monoisotopic (exact) mass is 342 g/mol. The van der Waals surface area contributed by atoms with E-state index in [1.807, 2.05) is 16.8 Å². The van der Waals surface area contributed by atoms with Gasteiger partial charge in [0.25, 0.3) is 0 Å². The number of thiophene rings is 1. The van der Waals surface area contributed by atoms with E-state index in [2.05, 4.69) is 5.16 Å². The van der Waals surface area contributed by atoms with Crippen LogP contribution in [-0.2, 0) is 10.0 Å². The molecule has 0 amide bonds. The van der Waals surface area contributed by atoms with Gasteiger partial charge >= 0.3 is 0 Å². The number of aromatic nitrogens is 1. The fraction of sp³-hybridized carbons (Fsp3) is 0.500. The summed E-state index contributed by atoms with van der Waals surface area (Å²) in [6, 6.07) is 1.99. The van der Waals surface area contributed by atoms with Crippen LogP contribution in [0.2, 0.25) is 0 Å². The van der Waals surface area contributed by atoms with Gasteiger partial charge in [-0.2, -0.15) is 15.6 Å². The van der Waals surface area contributed by atoms with Gasteiger partial charge in [0.2, 0.25) is 10.0 Å². The number of aliphatic hydroxyl groups excluding tert-OH is 1. The second kappa shape index (κ2) is 5.77. The number of nitrogens with zero attached hydrogens (tertiary/aromatic N) is 2. The van der Waals surface area contributed by atoms with Crippen LogP contribution in [0.15, 0.2) is 26.2 Å². The maximum absolute atomic E-state index is 12.9. The van der Waals surface area contributed by atoms with E-state index in [0.717, 1.165) is 5.56 Å². The molecule has 8 heteroatoms. The first-order chi connectivity index (χ1) is 10.4. The largest absolute Gasteiger partial charge is 0.396 e. The highest BCUT2D eigenvalue weighted by Crippen LogP contribution is 2.37. The van der Waals surface area contributed by atoms with Crippen LogP contribution in [0.25, 0.3) is 0 Å². The molecule has 2 atom stereocenters. The zero-order valence-electron chi connectivity index (χ0n) is 12.4. The van der Waals surface area contributed by atoms with Gasteiger partial charge in [-0.15, -0.1) is 0 Å². The van der Waals surface area contributed by atoms with Crippen molar-refractivity contribution in [3.63, 3.8) is 0 Å². The number of rotatable bonds is 4. The van der Waals surface area contributed by atoms with E-state index in [1.165, 1.54) is 4.31 Å².